The average Bonchev–Trinajstić information content (AvgIpc) is 1.99. The summed E-state index contributed by atoms with van der Waals surface area (Å²) in [5.41, 5.74) is 0. The number of carbonyl (C=O) groups is 1. The number of allylic oxidation sites excluding steroid dienone is 2. The van der Waals surface area contributed by atoms with Crippen molar-refractivity contribution in [1.82, 2.24) is 0 Å². The van der Waals surface area contributed by atoms with Crippen molar-refractivity contribution in [3.8, 4) is 0 Å². The molecule has 0 heterocycles. The van der Waals surface area contributed by atoms with E-state index in [-0.39, 0.29) is 5.78 Å². The van der Waals surface area contributed by atoms with E-state index in [9.17, 15) is 4.79 Å². The Kier molecular flexibility index (Phi) is 7.11. The van der Waals surface area contributed by atoms with E-state index in [4.69, 9.17) is 0 Å². The van der Waals surface area contributed by atoms with Gasteiger partial charge >= 0.3 is 0 Å². The van der Waals surface area contributed by atoms with E-state index >= 15 is 0 Å². The van der Waals surface area contributed by atoms with Gasteiger partial charge in [-0.25, -0.2) is 0 Å². The Bertz CT molecular complexity index is 125. The first kappa shape index (κ1) is 10.4. The summed E-state index contributed by atoms with van der Waals surface area (Å²) < 4.78 is 0. The molecule has 0 aliphatic heterocycles. The van der Waals surface area contributed by atoms with Crippen LogP contribution in [0.4, 0.5) is 0 Å². The second kappa shape index (κ2) is 7.52. The van der Waals surface area contributed by atoms with Gasteiger partial charge in [0.25, 0.3) is 0 Å². The molecule has 0 atom stereocenters. The Hall–Kier alpha value is -0.590. The van der Waals surface area contributed by atoms with Crippen LogP contribution in [0.15, 0.2) is 12.2 Å². The maximum absolute atomic E-state index is 10.9. The zero-order valence-corrected chi connectivity index (χ0v) is 7.60. The molecular formula is C10H18O. The maximum atomic E-state index is 10.9. The number of ketones is 1. The van der Waals surface area contributed by atoms with E-state index in [0.717, 1.165) is 12.8 Å². The number of unbranched alkanes of at least 4 members (excludes halogenated alkanes) is 2. The first-order valence-electron chi connectivity index (χ1n) is 4.50. The summed E-state index contributed by atoms with van der Waals surface area (Å²) in [5, 5.41) is 0. The van der Waals surface area contributed by atoms with Crippen molar-refractivity contribution in [1.29, 1.82) is 0 Å². The number of carbonyl (C=O) groups excluding carboxylic acids is 1. The fraction of sp³-hybridized carbons (Fsp3) is 0.700. The fourth-order valence-corrected chi connectivity index (χ4v) is 0.866. The lowest BCUT2D eigenvalue weighted by Crippen LogP contribution is -1.89. The summed E-state index contributed by atoms with van der Waals surface area (Å²) in [5.74, 6) is 0.267. The summed E-state index contributed by atoms with van der Waals surface area (Å²) in [6.07, 6.45) is 8.80. The molecule has 0 spiro atoms. The van der Waals surface area contributed by atoms with Gasteiger partial charge in [-0.1, -0.05) is 32.8 Å². The zero-order chi connectivity index (χ0) is 8.53. The quantitative estimate of drug-likeness (QED) is 0.424. The third-order valence-corrected chi connectivity index (χ3v) is 1.52. The summed E-state index contributed by atoms with van der Waals surface area (Å²) >= 11 is 0. The minimum absolute atomic E-state index is 0.267. The van der Waals surface area contributed by atoms with Crippen molar-refractivity contribution in [2.45, 2.75) is 46.0 Å². The molecule has 0 bridgehead atoms. The van der Waals surface area contributed by atoms with Crippen LogP contribution in [0, 0.1) is 0 Å². The molecular weight excluding hydrogens is 136 g/mol. The van der Waals surface area contributed by atoms with Gasteiger partial charge in [-0.05, 0) is 18.9 Å². The van der Waals surface area contributed by atoms with E-state index in [2.05, 4.69) is 6.92 Å². The number of hydrogen-bond donors (Lipinski definition) is 0. The molecule has 0 radical (unpaired) electrons. The van der Waals surface area contributed by atoms with Crippen LogP contribution in [-0.2, 0) is 4.79 Å². The summed E-state index contributed by atoms with van der Waals surface area (Å²) in [7, 11) is 0. The van der Waals surface area contributed by atoms with Gasteiger partial charge < -0.3 is 0 Å². The highest BCUT2D eigenvalue weighted by Gasteiger charge is 1.91. The van der Waals surface area contributed by atoms with Crippen molar-refractivity contribution >= 4 is 5.78 Å². The Morgan fingerprint density at radius 1 is 1.27 bits per heavy atom. The molecule has 0 aliphatic carbocycles. The topological polar surface area (TPSA) is 17.1 Å². The van der Waals surface area contributed by atoms with E-state index in [1.165, 1.54) is 12.8 Å². The Morgan fingerprint density at radius 3 is 2.55 bits per heavy atom. The van der Waals surface area contributed by atoms with Gasteiger partial charge in [-0.3, -0.25) is 4.79 Å². The van der Waals surface area contributed by atoms with Gasteiger partial charge in [-0.2, -0.15) is 0 Å². The molecule has 0 fully saturated rings. The highest BCUT2D eigenvalue weighted by atomic mass is 16.1. The Balaban J connectivity index is 3.32. The molecule has 0 saturated carbocycles. The smallest absolute Gasteiger partial charge is 0.155 e. The lowest BCUT2D eigenvalue weighted by atomic mass is 10.2. The predicted molar refractivity (Wildman–Crippen MR) is 48.6 cm³/mol. The van der Waals surface area contributed by atoms with Crippen LogP contribution in [-0.4, -0.2) is 5.78 Å². The van der Waals surface area contributed by atoms with Gasteiger partial charge in [-0.15, -0.1) is 0 Å². The molecule has 0 amide bonds. The van der Waals surface area contributed by atoms with Crippen molar-refractivity contribution in [3.05, 3.63) is 12.2 Å². The van der Waals surface area contributed by atoms with Gasteiger partial charge in [0.05, 0.1) is 0 Å². The van der Waals surface area contributed by atoms with Crippen molar-refractivity contribution in [3.63, 3.8) is 0 Å². The molecule has 0 aliphatic rings. The van der Waals surface area contributed by atoms with Gasteiger partial charge in [0.1, 0.15) is 0 Å². The molecule has 0 aromatic rings. The molecule has 0 unspecified atom stereocenters. The molecule has 0 aromatic heterocycles. The minimum atomic E-state index is 0.267. The standard InChI is InChI=1S/C10H18O/c1-3-5-6-7-9-10(11)8-4-2/h7,9H,3-6,8H2,1-2H3/b9-7+. The molecule has 0 aromatic carbocycles. The van der Waals surface area contributed by atoms with Crippen molar-refractivity contribution in [2.24, 2.45) is 0 Å². The summed E-state index contributed by atoms with van der Waals surface area (Å²) in [6.45, 7) is 4.18. The Morgan fingerprint density at radius 2 is 2.00 bits per heavy atom. The molecule has 1 heteroatoms. The van der Waals surface area contributed by atoms with Gasteiger partial charge in [0, 0.05) is 6.42 Å². The van der Waals surface area contributed by atoms with Crippen molar-refractivity contribution < 1.29 is 4.79 Å². The molecule has 0 rings (SSSR count). The van der Waals surface area contributed by atoms with Crippen molar-refractivity contribution in [2.75, 3.05) is 0 Å². The third-order valence-electron chi connectivity index (χ3n) is 1.52. The normalized spacial score (nSPS) is 10.7. The highest BCUT2D eigenvalue weighted by molar-refractivity contribution is 5.89. The van der Waals surface area contributed by atoms with Gasteiger partial charge in [0.15, 0.2) is 5.78 Å². The average molecular weight is 154 g/mol. The van der Waals surface area contributed by atoms with E-state index < -0.39 is 0 Å². The van der Waals surface area contributed by atoms with E-state index in [1.807, 2.05) is 13.0 Å². The zero-order valence-electron chi connectivity index (χ0n) is 7.60. The predicted octanol–water partition coefficient (Wildman–Crippen LogP) is 3.10. The van der Waals surface area contributed by atoms with Crippen LogP contribution in [0.5, 0.6) is 0 Å². The monoisotopic (exact) mass is 154 g/mol. The lowest BCUT2D eigenvalue weighted by molar-refractivity contribution is -0.114. The number of hydrogen-bond acceptors (Lipinski definition) is 1. The lowest BCUT2D eigenvalue weighted by Gasteiger charge is -1.89. The minimum Gasteiger partial charge on any atom is -0.295 e. The summed E-state index contributed by atoms with van der Waals surface area (Å²) in [4.78, 5) is 10.9. The Labute approximate surface area is 69.5 Å². The van der Waals surface area contributed by atoms with Crippen LogP contribution in [0.1, 0.15) is 46.0 Å². The molecule has 64 valence electrons. The first-order valence-corrected chi connectivity index (χ1v) is 4.50. The molecule has 0 saturated heterocycles. The SMILES string of the molecule is CCCC/C=C/C(=O)CCC. The second-order valence-electron chi connectivity index (χ2n) is 2.76. The largest absolute Gasteiger partial charge is 0.295 e. The molecule has 11 heavy (non-hydrogen) atoms. The maximum Gasteiger partial charge on any atom is 0.155 e. The van der Waals surface area contributed by atoms with E-state index in [1.54, 1.807) is 6.08 Å². The van der Waals surface area contributed by atoms with Crippen LogP contribution in [0.25, 0.3) is 0 Å². The molecule has 1 nitrogen and oxygen atoms in total. The van der Waals surface area contributed by atoms with Crippen LogP contribution >= 0.6 is 0 Å². The van der Waals surface area contributed by atoms with Gasteiger partial charge in [0.2, 0.25) is 0 Å². The van der Waals surface area contributed by atoms with Crippen LogP contribution in [0.3, 0.4) is 0 Å². The highest BCUT2D eigenvalue weighted by Crippen LogP contribution is 1.96. The third kappa shape index (κ3) is 7.31. The van der Waals surface area contributed by atoms with E-state index in [0.29, 0.717) is 6.42 Å². The molecule has 0 N–H and O–H groups in total. The fourth-order valence-electron chi connectivity index (χ4n) is 0.866. The number of rotatable bonds is 6. The second-order valence-corrected chi connectivity index (χ2v) is 2.76. The first-order chi connectivity index (χ1) is 5.31. The summed E-state index contributed by atoms with van der Waals surface area (Å²) in [6, 6.07) is 0. The van der Waals surface area contributed by atoms with Crippen LogP contribution < -0.4 is 0 Å². The van der Waals surface area contributed by atoms with Crippen LogP contribution in [0.2, 0.25) is 0 Å².